The van der Waals surface area contributed by atoms with Crippen molar-refractivity contribution in [2.24, 2.45) is 0 Å². The lowest BCUT2D eigenvalue weighted by Gasteiger charge is -2.22. The zero-order valence-corrected chi connectivity index (χ0v) is 16.2. The molecule has 1 aromatic rings. The molecule has 1 aliphatic heterocycles. The third kappa shape index (κ3) is 4.17. The first-order chi connectivity index (χ1) is 11.2. The molecule has 0 aromatic heterocycles. The van der Waals surface area contributed by atoms with Crippen molar-refractivity contribution in [3.63, 3.8) is 0 Å². The standard InChI is InChI=1S/C16H26N2O4S2/c1-4-12-23(19,20)17-8-5-9-18(11-10-17)24(21,22)16-7-6-14(2)15(3)13-16/h6-7,13H,4-5,8-12H2,1-3H3. The third-order valence-corrected chi connectivity index (χ3v) is 8.36. The molecule has 0 amide bonds. The molecule has 2 rings (SSSR count). The lowest BCUT2D eigenvalue weighted by atomic mass is 10.1. The van der Waals surface area contributed by atoms with E-state index < -0.39 is 20.0 Å². The molecule has 8 heteroatoms. The highest BCUT2D eigenvalue weighted by Gasteiger charge is 2.30. The van der Waals surface area contributed by atoms with E-state index in [4.69, 9.17) is 0 Å². The van der Waals surface area contributed by atoms with E-state index in [-0.39, 0.29) is 23.7 Å². The molecule has 6 nitrogen and oxygen atoms in total. The Bertz CT molecular complexity index is 788. The normalized spacial score (nSPS) is 18.5. The Labute approximate surface area is 145 Å². The van der Waals surface area contributed by atoms with Gasteiger partial charge in [0.05, 0.1) is 10.6 Å². The summed E-state index contributed by atoms with van der Waals surface area (Å²) in [5.41, 5.74) is 1.97. The first-order valence-electron chi connectivity index (χ1n) is 8.23. The summed E-state index contributed by atoms with van der Waals surface area (Å²) in [7, 11) is -6.88. The smallest absolute Gasteiger partial charge is 0.212 e. The molecule has 0 N–H and O–H groups in total. The molecular weight excluding hydrogens is 348 g/mol. The van der Waals surface area contributed by atoms with Crippen LogP contribution in [0.15, 0.2) is 23.1 Å². The number of nitrogens with zero attached hydrogens (tertiary/aromatic N) is 2. The maximum absolute atomic E-state index is 12.8. The molecular formula is C16H26N2O4S2. The molecule has 0 aliphatic carbocycles. The molecule has 1 heterocycles. The Morgan fingerprint density at radius 2 is 1.54 bits per heavy atom. The van der Waals surface area contributed by atoms with E-state index in [1.54, 1.807) is 18.2 Å². The predicted molar refractivity (Wildman–Crippen MR) is 94.9 cm³/mol. The van der Waals surface area contributed by atoms with Gasteiger partial charge in [0, 0.05) is 26.2 Å². The average molecular weight is 375 g/mol. The molecule has 1 fully saturated rings. The molecule has 136 valence electrons. The molecule has 1 aromatic carbocycles. The number of aryl methyl sites for hydroxylation is 2. The van der Waals surface area contributed by atoms with Gasteiger partial charge in [0.1, 0.15) is 0 Å². The van der Waals surface area contributed by atoms with E-state index in [2.05, 4.69) is 0 Å². The quantitative estimate of drug-likeness (QED) is 0.787. The fraction of sp³-hybridized carbons (Fsp3) is 0.625. The lowest BCUT2D eigenvalue weighted by molar-refractivity contribution is 0.404. The van der Waals surface area contributed by atoms with Crippen molar-refractivity contribution in [2.75, 3.05) is 31.9 Å². The molecule has 0 saturated carbocycles. The molecule has 0 atom stereocenters. The fourth-order valence-electron chi connectivity index (χ4n) is 2.80. The van der Waals surface area contributed by atoms with Gasteiger partial charge >= 0.3 is 0 Å². The van der Waals surface area contributed by atoms with Gasteiger partial charge in [0.25, 0.3) is 0 Å². The first kappa shape index (κ1) is 19.4. The number of benzene rings is 1. The third-order valence-electron chi connectivity index (χ3n) is 4.39. The van der Waals surface area contributed by atoms with Gasteiger partial charge in [-0.15, -0.1) is 0 Å². The summed E-state index contributed by atoms with van der Waals surface area (Å²) in [6, 6.07) is 5.10. The monoisotopic (exact) mass is 374 g/mol. The zero-order chi connectivity index (χ0) is 18.0. The number of sulfonamides is 2. The minimum atomic E-state index is -3.59. The summed E-state index contributed by atoms with van der Waals surface area (Å²) < 4.78 is 52.9. The van der Waals surface area contributed by atoms with Crippen LogP contribution in [-0.4, -0.2) is 57.4 Å². The lowest BCUT2D eigenvalue weighted by Crippen LogP contribution is -2.38. The molecule has 0 radical (unpaired) electrons. The Hall–Kier alpha value is -0.960. The minimum absolute atomic E-state index is 0.108. The van der Waals surface area contributed by atoms with Crippen molar-refractivity contribution in [1.29, 1.82) is 0 Å². The second kappa shape index (κ2) is 7.51. The van der Waals surface area contributed by atoms with E-state index >= 15 is 0 Å². The van der Waals surface area contributed by atoms with Gasteiger partial charge in [-0.25, -0.2) is 21.1 Å². The molecule has 24 heavy (non-hydrogen) atoms. The highest BCUT2D eigenvalue weighted by atomic mass is 32.2. The van der Waals surface area contributed by atoms with E-state index in [1.165, 1.54) is 8.61 Å². The Balaban J connectivity index is 2.19. The molecule has 0 spiro atoms. The summed E-state index contributed by atoms with van der Waals surface area (Å²) in [6.45, 7) is 6.77. The minimum Gasteiger partial charge on any atom is -0.212 e. The van der Waals surface area contributed by atoms with Gasteiger partial charge in [-0.1, -0.05) is 13.0 Å². The second-order valence-corrected chi connectivity index (χ2v) is 10.2. The van der Waals surface area contributed by atoms with Crippen molar-refractivity contribution in [1.82, 2.24) is 8.61 Å². The summed E-state index contributed by atoms with van der Waals surface area (Å²) in [5.74, 6) is 0.108. The Morgan fingerprint density at radius 1 is 0.917 bits per heavy atom. The van der Waals surface area contributed by atoms with Crippen LogP contribution in [0.1, 0.15) is 30.9 Å². The van der Waals surface area contributed by atoms with Crippen LogP contribution in [0.5, 0.6) is 0 Å². The van der Waals surface area contributed by atoms with Crippen LogP contribution in [0, 0.1) is 13.8 Å². The Morgan fingerprint density at radius 3 is 2.17 bits per heavy atom. The van der Waals surface area contributed by atoms with Crippen LogP contribution in [0.25, 0.3) is 0 Å². The topological polar surface area (TPSA) is 74.8 Å². The van der Waals surface area contributed by atoms with Gasteiger partial charge in [-0.2, -0.15) is 4.31 Å². The molecule has 1 saturated heterocycles. The van der Waals surface area contributed by atoms with E-state index in [1.807, 2.05) is 20.8 Å². The average Bonchev–Trinajstić information content (AvgIpc) is 2.77. The van der Waals surface area contributed by atoms with Gasteiger partial charge in [0.2, 0.25) is 20.0 Å². The van der Waals surface area contributed by atoms with Crippen LogP contribution < -0.4 is 0 Å². The van der Waals surface area contributed by atoms with Gasteiger partial charge in [-0.05, 0) is 49.9 Å². The van der Waals surface area contributed by atoms with E-state index in [0.29, 0.717) is 25.9 Å². The van der Waals surface area contributed by atoms with Gasteiger partial charge in [-0.3, -0.25) is 0 Å². The first-order valence-corrected chi connectivity index (χ1v) is 11.3. The predicted octanol–water partition coefficient (Wildman–Crippen LogP) is 1.74. The van der Waals surface area contributed by atoms with Crippen LogP contribution in [-0.2, 0) is 20.0 Å². The number of hydrogen-bond donors (Lipinski definition) is 0. The molecule has 1 aliphatic rings. The Kier molecular flexibility index (Phi) is 6.06. The fourth-order valence-corrected chi connectivity index (χ4v) is 5.90. The largest absolute Gasteiger partial charge is 0.243 e. The summed E-state index contributed by atoms with van der Waals surface area (Å²) in [6.07, 6.45) is 1.07. The zero-order valence-electron chi connectivity index (χ0n) is 14.5. The van der Waals surface area contributed by atoms with Crippen molar-refractivity contribution >= 4 is 20.0 Å². The number of rotatable bonds is 5. The SMILES string of the molecule is CCCS(=O)(=O)N1CCCN(S(=O)(=O)c2ccc(C)c(C)c2)CC1. The number of hydrogen-bond acceptors (Lipinski definition) is 4. The van der Waals surface area contributed by atoms with Crippen LogP contribution in [0.2, 0.25) is 0 Å². The van der Waals surface area contributed by atoms with Crippen LogP contribution in [0.3, 0.4) is 0 Å². The van der Waals surface area contributed by atoms with E-state index in [9.17, 15) is 16.8 Å². The molecule has 0 unspecified atom stereocenters. The van der Waals surface area contributed by atoms with Crippen molar-refractivity contribution in [3.8, 4) is 0 Å². The summed E-state index contributed by atoms with van der Waals surface area (Å²) >= 11 is 0. The van der Waals surface area contributed by atoms with Crippen molar-refractivity contribution in [2.45, 2.75) is 38.5 Å². The van der Waals surface area contributed by atoms with Gasteiger partial charge < -0.3 is 0 Å². The summed E-state index contributed by atoms with van der Waals surface area (Å²) in [4.78, 5) is 0.274. The van der Waals surface area contributed by atoms with E-state index in [0.717, 1.165) is 11.1 Å². The summed E-state index contributed by atoms with van der Waals surface area (Å²) in [5, 5.41) is 0. The van der Waals surface area contributed by atoms with Crippen molar-refractivity contribution < 1.29 is 16.8 Å². The highest BCUT2D eigenvalue weighted by molar-refractivity contribution is 7.89. The maximum Gasteiger partial charge on any atom is 0.243 e. The van der Waals surface area contributed by atoms with Gasteiger partial charge in [0.15, 0.2) is 0 Å². The maximum atomic E-state index is 12.8. The van der Waals surface area contributed by atoms with Crippen molar-refractivity contribution in [3.05, 3.63) is 29.3 Å². The highest BCUT2D eigenvalue weighted by Crippen LogP contribution is 2.21. The van der Waals surface area contributed by atoms with Crippen LogP contribution in [0.4, 0.5) is 0 Å². The van der Waals surface area contributed by atoms with Crippen LogP contribution >= 0.6 is 0 Å². The second-order valence-electron chi connectivity index (χ2n) is 6.22. The molecule has 0 bridgehead atoms.